The first kappa shape index (κ1) is 16.9. The van der Waals surface area contributed by atoms with Gasteiger partial charge in [0, 0.05) is 18.7 Å². The van der Waals surface area contributed by atoms with Crippen LogP contribution in [-0.4, -0.2) is 32.8 Å². The Morgan fingerprint density at radius 3 is 2.84 bits per heavy atom. The highest BCUT2D eigenvalue weighted by Gasteiger charge is 2.21. The fourth-order valence-electron chi connectivity index (χ4n) is 2.05. The van der Waals surface area contributed by atoms with E-state index in [4.69, 9.17) is 5.84 Å². The zero-order chi connectivity index (χ0) is 18.0. The number of nitrogens with one attached hydrogen (secondary N) is 1. The van der Waals surface area contributed by atoms with Gasteiger partial charge in [0.1, 0.15) is 0 Å². The highest BCUT2D eigenvalue weighted by Crippen LogP contribution is 2.35. The minimum Gasteiger partial charge on any atom is -0.355 e. The second-order valence-electron chi connectivity index (χ2n) is 4.77. The molecule has 3 aromatic rings. The molecule has 0 atom stereocenters. The van der Waals surface area contributed by atoms with Crippen LogP contribution in [0.3, 0.4) is 0 Å². The Labute approximate surface area is 150 Å². The van der Waals surface area contributed by atoms with E-state index in [0.29, 0.717) is 15.9 Å². The van der Waals surface area contributed by atoms with E-state index in [1.54, 1.807) is 0 Å². The fraction of sp³-hybridized carbons (Fsp3) is 0.0714. The summed E-state index contributed by atoms with van der Waals surface area (Å²) in [5.41, 5.74) is -0.00110. The van der Waals surface area contributed by atoms with Gasteiger partial charge in [0.25, 0.3) is 11.6 Å². The topological polar surface area (TPSA) is 129 Å². The van der Waals surface area contributed by atoms with Crippen LogP contribution in [0.1, 0.15) is 10.4 Å². The Hall–Kier alpha value is -2.92. The van der Waals surface area contributed by atoms with Crippen molar-refractivity contribution in [2.45, 2.75) is 10.1 Å². The zero-order valence-corrected chi connectivity index (χ0v) is 14.5. The molecular formula is C14H12N6O3S2. The van der Waals surface area contributed by atoms with Gasteiger partial charge in [0.15, 0.2) is 5.82 Å². The molecule has 3 rings (SSSR count). The van der Waals surface area contributed by atoms with Gasteiger partial charge in [-0.05, 0) is 35.3 Å². The molecule has 3 N–H and O–H groups in total. The summed E-state index contributed by atoms with van der Waals surface area (Å²) < 4.78 is 1.28. The lowest BCUT2D eigenvalue weighted by Gasteiger charge is -2.05. The van der Waals surface area contributed by atoms with E-state index in [0.717, 1.165) is 16.6 Å². The van der Waals surface area contributed by atoms with E-state index >= 15 is 0 Å². The third-order valence-electron chi connectivity index (χ3n) is 3.25. The van der Waals surface area contributed by atoms with Crippen molar-refractivity contribution in [3.8, 4) is 10.7 Å². The maximum atomic E-state index is 11.7. The highest BCUT2D eigenvalue weighted by molar-refractivity contribution is 7.99. The molecule has 1 amide bonds. The maximum Gasteiger partial charge on any atom is 0.284 e. The van der Waals surface area contributed by atoms with E-state index in [9.17, 15) is 14.9 Å². The number of hydrogen-bond acceptors (Lipinski definition) is 8. The summed E-state index contributed by atoms with van der Waals surface area (Å²) in [5.74, 6) is 6.08. The molecule has 0 aliphatic heterocycles. The molecule has 2 aromatic heterocycles. The molecule has 0 saturated carbocycles. The van der Waals surface area contributed by atoms with Crippen LogP contribution in [0, 0.1) is 10.1 Å². The first-order valence-electron chi connectivity index (χ1n) is 6.94. The van der Waals surface area contributed by atoms with E-state index in [-0.39, 0.29) is 11.3 Å². The number of nitrogen functional groups attached to an aromatic ring is 1. The summed E-state index contributed by atoms with van der Waals surface area (Å²) in [7, 11) is 1.46. The molecule has 0 saturated heterocycles. The van der Waals surface area contributed by atoms with Crippen LogP contribution >= 0.6 is 23.1 Å². The fourth-order valence-corrected chi connectivity index (χ4v) is 3.59. The standard InChI is InChI=1S/C14H12N6O3S2/c1-16-13(21)8-4-5-10(9(7-8)20(22)23)25-14-18-17-12(19(14)15)11-3-2-6-24-11/h2-7H,15H2,1H3,(H,16,21). The molecule has 0 unspecified atom stereocenters. The van der Waals surface area contributed by atoms with Crippen molar-refractivity contribution in [2.75, 3.05) is 12.9 Å². The summed E-state index contributed by atoms with van der Waals surface area (Å²) in [6.07, 6.45) is 0. The number of amides is 1. The molecule has 25 heavy (non-hydrogen) atoms. The molecule has 2 heterocycles. The van der Waals surface area contributed by atoms with Crippen molar-refractivity contribution in [2.24, 2.45) is 0 Å². The van der Waals surface area contributed by atoms with E-state index in [2.05, 4.69) is 15.5 Å². The predicted molar refractivity (Wildman–Crippen MR) is 94.1 cm³/mol. The number of carbonyl (C=O) groups excluding carboxylic acids is 1. The largest absolute Gasteiger partial charge is 0.355 e. The summed E-state index contributed by atoms with van der Waals surface area (Å²) in [6, 6.07) is 7.94. The Kier molecular flexibility index (Phi) is 4.67. The van der Waals surface area contributed by atoms with Gasteiger partial charge in [-0.3, -0.25) is 14.9 Å². The third-order valence-corrected chi connectivity index (χ3v) is 5.14. The van der Waals surface area contributed by atoms with Gasteiger partial charge in [-0.1, -0.05) is 6.07 Å². The van der Waals surface area contributed by atoms with Gasteiger partial charge < -0.3 is 11.2 Å². The van der Waals surface area contributed by atoms with Crippen LogP contribution in [0.2, 0.25) is 0 Å². The Bertz CT molecular complexity index is 938. The van der Waals surface area contributed by atoms with Crippen molar-refractivity contribution < 1.29 is 9.72 Å². The molecule has 0 spiro atoms. The molecule has 128 valence electrons. The second kappa shape index (κ2) is 6.91. The number of hydrogen-bond donors (Lipinski definition) is 2. The van der Waals surface area contributed by atoms with Gasteiger partial charge in [0.2, 0.25) is 5.16 Å². The number of nitrogens with two attached hydrogens (primary N) is 1. The number of nitrogens with zero attached hydrogens (tertiary/aromatic N) is 4. The highest BCUT2D eigenvalue weighted by atomic mass is 32.2. The van der Waals surface area contributed by atoms with Crippen LogP contribution in [-0.2, 0) is 0 Å². The number of benzene rings is 1. The lowest BCUT2D eigenvalue weighted by molar-refractivity contribution is -0.387. The smallest absolute Gasteiger partial charge is 0.284 e. The van der Waals surface area contributed by atoms with Crippen LogP contribution in [0.15, 0.2) is 45.8 Å². The van der Waals surface area contributed by atoms with Gasteiger partial charge >= 0.3 is 0 Å². The molecule has 0 aliphatic rings. The molecular weight excluding hydrogens is 364 g/mol. The van der Waals surface area contributed by atoms with Gasteiger partial charge in [-0.25, -0.2) is 4.68 Å². The molecule has 9 nitrogen and oxygen atoms in total. The molecule has 0 bridgehead atoms. The summed E-state index contributed by atoms with van der Waals surface area (Å²) >= 11 is 2.47. The molecule has 11 heteroatoms. The third kappa shape index (κ3) is 3.32. The van der Waals surface area contributed by atoms with Crippen LogP contribution < -0.4 is 11.2 Å². The van der Waals surface area contributed by atoms with Gasteiger partial charge in [-0.2, -0.15) is 0 Å². The first-order chi connectivity index (χ1) is 12.0. The Balaban J connectivity index is 1.96. The molecule has 0 fully saturated rings. The second-order valence-corrected chi connectivity index (χ2v) is 6.73. The molecule has 0 aliphatic carbocycles. The van der Waals surface area contributed by atoms with Crippen molar-refractivity contribution in [1.82, 2.24) is 20.2 Å². The summed E-state index contributed by atoms with van der Waals surface area (Å²) in [5, 5.41) is 24.0. The summed E-state index contributed by atoms with van der Waals surface area (Å²) in [6.45, 7) is 0. The minimum absolute atomic E-state index is 0.201. The van der Waals surface area contributed by atoms with E-state index in [1.165, 1.54) is 41.3 Å². The van der Waals surface area contributed by atoms with Crippen molar-refractivity contribution >= 4 is 34.7 Å². The average molecular weight is 376 g/mol. The predicted octanol–water partition coefficient (Wildman–Crippen LogP) is 2.14. The Morgan fingerprint density at radius 1 is 1.40 bits per heavy atom. The molecule has 1 aromatic carbocycles. The van der Waals surface area contributed by atoms with Crippen molar-refractivity contribution in [3.63, 3.8) is 0 Å². The number of thiophene rings is 1. The van der Waals surface area contributed by atoms with Crippen LogP contribution in [0.5, 0.6) is 0 Å². The molecule has 0 radical (unpaired) electrons. The van der Waals surface area contributed by atoms with Crippen LogP contribution in [0.25, 0.3) is 10.7 Å². The minimum atomic E-state index is -0.549. The number of carbonyl (C=O) groups is 1. The Morgan fingerprint density at radius 2 is 2.20 bits per heavy atom. The number of aromatic nitrogens is 3. The average Bonchev–Trinajstić information content (AvgIpc) is 3.25. The quantitative estimate of drug-likeness (QED) is 0.396. The zero-order valence-electron chi connectivity index (χ0n) is 12.9. The number of nitro benzene ring substituents is 1. The van der Waals surface area contributed by atoms with E-state index in [1.807, 2.05) is 17.5 Å². The van der Waals surface area contributed by atoms with Gasteiger partial charge in [0.05, 0.1) is 14.7 Å². The lowest BCUT2D eigenvalue weighted by Crippen LogP contribution is -2.17. The monoisotopic (exact) mass is 376 g/mol. The summed E-state index contributed by atoms with van der Waals surface area (Å²) in [4.78, 5) is 23.6. The SMILES string of the molecule is CNC(=O)c1ccc(Sc2nnc(-c3cccs3)n2N)c([N+](=O)[O-])c1. The van der Waals surface area contributed by atoms with Crippen LogP contribution in [0.4, 0.5) is 5.69 Å². The first-order valence-corrected chi connectivity index (χ1v) is 8.63. The number of rotatable bonds is 5. The normalized spacial score (nSPS) is 10.6. The maximum absolute atomic E-state index is 11.7. The van der Waals surface area contributed by atoms with Gasteiger partial charge in [-0.15, -0.1) is 21.5 Å². The number of nitro groups is 1. The van der Waals surface area contributed by atoms with E-state index < -0.39 is 10.8 Å². The van der Waals surface area contributed by atoms with Crippen molar-refractivity contribution in [1.29, 1.82) is 0 Å². The van der Waals surface area contributed by atoms with Crippen molar-refractivity contribution in [3.05, 3.63) is 51.4 Å². The lowest BCUT2D eigenvalue weighted by atomic mass is 10.2.